The van der Waals surface area contributed by atoms with Crippen LogP contribution in [0.5, 0.6) is 0 Å². The standard InChI is InChI=1S/C12H19N3O/c16-9-6-10-2-4-11(5-3-10)15-12-13-7-1-8-14-12/h1,7-8,10-11,16H,2-6,9H2,(H,13,14,15). The predicted molar refractivity (Wildman–Crippen MR) is 63.1 cm³/mol. The van der Waals surface area contributed by atoms with Gasteiger partial charge in [0.2, 0.25) is 5.95 Å². The van der Waals surface area contributed by atoms with Crippen molar-refractivity contribution in [2.75, 3.05) is 11.9 Å². The summed E-state index contributed by atoms with van der Waals surface area (Å²) < 4.78 is 0. The van der Waals surface area contributed by atoms with Crippen LogP contribution in [-0.2, 0) is 0 Å². The van der Waals surface area contributed by atoms with E-state index in [1.54, 1.807) is 12.4 Å². The van der Waals surface area contributed by atoms with Crippen LogP contribution in [0.1, 0.15) is 32.1 Å². The topological polar surface area (TPSA) is 58.0 Å². The van der Waals surface area contributed by atoms with Crippen molar-refractivity contribution in [3.05, 3.63) is 18.5 Å². The third-order valence-electron chi connectivity index (χ3n) is 3.28. The number of anilines is 1. The summed E-state index contributed by atoms with van der Waals surface area (Å²) in [5.41, 5.74) is 0. The third-order valence-corrected chi connectivity index (χ3v) is 3.28. The molecular weight excluding hydrogens is 202 g/mol. The van der Waals surface area contributed by atoms with Crippen LogP contribution in [-0.4, -0.2) is 27.7 Å². The molecule has 0 unspecified atom stereocenters. The second kappa shape index (κ2) is 5.80. The molecule has 1 aliphatic rings. The van der Waals surface area contributed by atoms with E-state index in [0.717, 1.165) is 25.2 Å². The molecule has 2 N–H and O–H groups in total. The molecule has 1 aromatic rings. The van der Waals surface area contributed by atoms with Gasteiger partial charge in [0.05, 0.1) is 0 Å². The largest absolute Gasteiger partial charge is 0.396 e. The zero-order valence-electron chi connectivity index (χ0n) is 9.47. The monoisotopic (exact) mass is 221 g/mol. The van der Waals surface area contributed by atoms with Gasteiger partial charge in [-0.1, -0.05) is 0 Å². The maximum atomic E-state index is 8.88. The van der Waals surface area contributed by atoms with Crippen molar-refractivity contribution >= 4 is 5.95 Å². The molecule has 0 spiro atoms. The third kappa shape index (κ3) is 3.17. The van der Waals surface area contributed by atoms with E-state index in [-0.39, 0.29) is 0 Å². The lowest BCUT2D eigenvalue weighted by Crippen LogP contribution is -2.27. The lowest BCUT2D eigenvalue weighted by molar-refractivity contribution is 0.225. The smallest absolute Gasteiger partial charge is 0.222 e. The Morgan fingerprint density at radius 2 is 1.88 bits per heavy atom. The maximum absolute atomic E-state index is 8.88. The van der Waals surface area contributed by atoms with Crippen LogP contribution in [0.15, 0.2) is 18.5 Å². The SMILES string of the molecule is OCCC1CCC(Nc2ncccn2)CC1. The summed E-state index contributed by atoms with van der Waals surface area (Å²) in [6.45, 7) is 0.324. The summed E-state index contributed by atoms with van der Waals surface area (Å²) in [6, 6.07) is 2.32. The average Bonchev–Trinajstić information content (AvgIpc) is 2.33. The molecule has 0 bridgehead atoms. The highest BCUT2D eigenvalue weighted by molar-refractivity contribution is 5.24. The number of aliphatic hydroxyl groups excluding tert-OH is 1. The quantitative estimate of drug-likeness (QED) is 0.814. The first kappa shape index (κ1) is 11.3. The Morgan fingerprint density at radius 1 is 1.19 bits per heavy atom. The molecule has 1 saturated carbocycles. The van der Waals surface area contributed by atoms with Crippen molar-refractivity contribution in [3.8, 4) is 0 Å². The second-order valence-electron chi connectivity index (χ2n) is 4.45. The molecule has 0 radical (unpaired) electrons. The number of hydrogen-bond acceptors (Lipinski definition) is 4. The zero-order valence-corrected chi connectivity index (χ0v) is 9.47. The van der Waals surface area contributed by atoms with E-state index in [1.165, 1.54) is 12.8 Å². The minimum absolute atomic E-state index is 0.324. The van der Waals surface area contributed by atoms with Crippen molar-refractivity contribution in [3.63, 3.8) is 0 Å². The summed E-state index contributed by atoms with van der Waals surface area (Å²) in [5, 5.41) is 12.2. The molecule has 4 nitrogen and oxygen atoms in total. The van der Waals surface area contributed by atoms with Gasteiger partial charge in [-0.2, -0.15) is 0 Å². The van der Waals surface area contributed by atoms with Gasteiger partial charge < -0.3 is 10.4 Å². The number of nitrogens with one attached hydrogen (secondary N) is 1. The van der Waals surface area contributed by atoms with E-state index in [0.29, 0.717) is 18.6 Å². The van der Waals surface area contributed by atoms with Crippen molar-refractivity contribution in [1.29, 1.82) is 0 Å². The molecule has 16 heavy (non-hydrogen) atoms. The van der Waals surface area contributed by atoms with Crippen molar-refractivity contribution < 1.29 is 5.11 Å². The normalized spacial score (nSPS) is 25.3. The van der Waals surface area contributed by atoms with Gasteiger partial charge in [-0.15, -0.1) is 0 Å². The Kier molecular flexibility index (Phi) is 4.10. The van der Waals surface area contributed by atoms with Gasteiger partial charge in [0.1, 0.15) is 0 Å². The first-order chi connectivity index (χ1) is 7.88. The Hall–Kier alpha value is -1.16. The van der Waals surface area contributed by atoms with E-state index in [2.05, 4.69) is 15.3 Å². The van der Waals surface area contributed by atoms with E-state index in [4.69, 9.17) is 5.11 Å². The number of aliphatic hydroxyl groups is 1. The highest BCUT2D eigenvalue weighted by Gasteiger charge is 2.20. The maximum Gasteiger partial charge on any atom is 0.222 e. The average molecular weight is 221 g/mol. The molecule has 1 fully saturated rings. The predicted octanol–water partition coefficient (Wildman–Crippen LogP) is 1.83. The molecule has 1 heterocycles. The van der Waals surface area contributed by atoms with Crippen LogP contribution < -0.4 is 5.32 Å². The van der Waals surface area contributed by atoms with Crippen LogP contribution in [0.4, 0.5) is 5.95 Å². The fourth-order valence-corrected chi connectivity index (χ4v) is 2.33. The molecular formula is C12H19N3O. The van der Waals surface area contributed by atoms with Gasteiger partial charge in [-0.05, 0) is 44.1 Å². The van der Waals surface area contributed by atoms with E-state index < -0.39 is 0 Å². The number of hydrogen-bond donors (Lipinski definition) is 2. The van der Waals surface area contributed by atoms with Crippen molar-refractivity contribution in [2.24, 2.45) is 5.92 Å². The van der Waals surface area contributed by atoms with Crippen molar-refractivity contribution in [1.82, 2.24) is 9.97 Å². The number of aromatic nitrogens is 2. The van der Waals surface area contributed by atoms with Crippen LogP contribution in [0.2, 0.25) is 0 Å². The molecule has 0 atom stereocenters. The Labute approximate surface area is 96.1 Å². The highest BCUT2D eigenvalue weighted by Crippen LogP contribution is 2.27. The summed E-state index contributed by atoms with van der Waals surface area (Å²) in [6.07, 6.45) is 9.18. The first-order valence-electron chi connectivity index (χ1n) is 6.03. The van der Waals surface area contributed by atoms with Crippen molar-refractivity contribution in [2.45, 2.75) is 38.1 Å². The molecule has 88 valence electrons. The van der Waals surface area contributed by atoms with Gasteiger partial charge in [0.15, 0.2) is 0 Å². The minimum atomic E-state index is 0.324. The van der Waals surface area contributed by atoms with E-state index in [1.807, 2.05) is 6.07 Å². The second-order valence-corrected chi connectivity index (χ2v) is 4.45. The lowest BCUT2D eigenvalue weighted by atomic mass is 9.84. The summed E-state index contributed by atoms with van der Waals surface area (Å²) >= 11 is 0. The minimum Gasteiger partial charge on any atom is -0.396 e. The van der Waals surface area contributed by atoms with Gasteiger partial charge in [-0.25, -0.2) is 9.97 Å². The van der Waals surface area contributed by atoms with Crippen LogP contribution in [0.25, 0.3) is 0 Å². The number of nitrogens with zero attached hydrogens (tertiary/aromatic N) is 2. The lowest BCUT2D eigenvalue weighted by Gasteiger charge is -2.28. The van der Waals surface area contributed by atoms with Crippen LogP contribution in [0, 0.1) is 5.92 Å². The molecule has 1 aromatic heterocycles. The first-order valence-corrected chi connectivity index (χ1v) is 6.03. The molecule has 1 aliphatic carbocycles. The molecule has 0 aromatic carbocycles. The molecule has 0 amide bonds. The van der Waals surface area contributed by atoms with Gasteiger partial charge >= 0.3 is 0 Å². The highest BCUT2D eigenvalue weighted by atomic mass is 16.3. The van der Waals surface area contributed by atoms with E-state index in [9.17, 15) is 0 Å². The molecule has 0 aliphatic heterocycles. The van der Waals surface area contributed by atoms with Gasteiger partial charge in [0.25, 0.3) is 0 Å². The molecule has 0 saturated heterocycles. The number of rotatable bonds is 4. The molecule has 2 rings (SSSR count). The summed E-state index contributed by atoms with van der Waals surface area (Å²) in [4.78, 5) is 8.33. The molecule has 4 heteroatoms. The Balaban J connectivity index is 1.77. The Bertz CT molecular complexity index is 296. The Morgan fingerprint density at radius 3 is 2.50 bits per heavy atom. The fourth-order valence-electron chi connectivity index (χ4n) is 2.33. The van der Waals surface area contributed by atoms with Gasteiger partial charge in [0, 0.05) is 25.0 Å². The fraction of sp³-hybridized carbons (Fsp3) is 0.667. The summed E-state index contributed by atoms with van der Waals surface area (Å²) in [7, 11) is 0. The summed E-state index contributed by atoms with van der Waals surface area (Å²) in [5.74, 6) is 1.44. The van der Waals surface area contributed by atoms with E-state index >= 15 is 0 Å². The van der Waals surface area contributed by atoms with Crippen LogP contribution in [0.3, 0.4) is 0 Å². The zero-order chi connectivity index (χ0) is 11.2. The van der Waals surface area contributed by atoms with Crippen LogP contribution >= 0.6 is 0 Å². The van der Waals surface area contributed by atoms with Gasteiger partial charge in [-0.3, -0.25) is 0 Å².